The summed E-state index contributed by atoms with van der Waals surface area (Å²) in [5.74, 6) is 1.44. The topological polar surface area (TPSA) is 53.1 Å². The van der Waals surface area contributed by atoms with Crippen LogP contribution >= 0.6 is 0 Å². The first-order chi connectivity index (χ1) is 9.22. The monoisotopic (exact) mass is 253 g/mol. The number of rotatable bonds is 2. The van der Waals surface area contributed by atoms with Gasteiger partial charge in [-0.25, -0.2) is 0 Å². The van der Waals surface area contributed by atoms with Crippen LogP contribution in [0.2, 0.25) is 0 Å². The molecular formula is C15H15N3O. The zero-order valence-corrected chi connectivity index (χ0v) is 10.9. The Morgan fingerprint density at radius 3 is 2.63 bits per heavy atom. The molecule has 1 aromatic heterocycles. The van der Waals surface area contributed by atoms with Crippen LogP contribution < -0.4 is 10.5 Å². The number of methoxy groups -OCH3 is 1. The van der Waals surface area contributed by atoms with Gasteiger partial charge in [0.15, 0.2) is 0 Å². The lowest BCUT2D eigenvalue weighted by Gasteiger charge is -2.11. The predicted octanol–water partition coefficient (Wildman–Crippen LogP) is 2.83. The third-order valence-corrected chi connectivity index (χ3v) is 3.36. The molecule has 0 saturated heterocycles. The van der Waals surface area contributed by atoms with E-state index in [0.29, 0.717) is 5.82 Å². The van der Waals surface area contributed by atoms with Crippen LogP contribution in [0.15, 0.2) is 42.6 Å². The van der Waals surface area contributed by atoms with E-state index in [9.17, 15) is 0 Å². The Hall–Kier alpha value is -2.49. The summed E-state index contributed by atoms with van der Waals surface area (Å²) in [7, 11) is 3.50. The molecule has 0 unspecified atom stereocenters. The van der Waals surface area contributed by atoms with Gasteiger partial charge < -0.3 is 10.5 Å². The molecule has 0 aliphatic heterocycles. The highest BCUT2D eigenvalue weighted by Crippen LogP contribution is 2.39. The molecule has 0 amide bonds. The second kappa shape index (κ2) is 4.31. The number of nitrogens with zero attached hydrogens (tertiary/aromatic N) is 2. The number of ether oxygens (including phenoxy) is 1. The number of nitrogens with two attached hydrogens (primary N) is 1. The second-order valence-corrected chi connectivity index (χ2v) is 4.43. The molecular weight excluding hydrogens is 238 g/mol. The maximum absolute atomic E-state index is 6.09. The average Bonchev–Trinajstić information content (AvgIpc) is 2.77. The first kappa shape index (κ1) is 11.6. The van der Waals surface area contributed by atoms with Gasteiger partial charge in [-0.15, -0.1) is 0 Å². The van der Waals surface area contributed by atoms with Crippen molar-refractivity contribution in [3.05, 3.63) is 42.6 Å². The summed E-state index contributed by atoms with van der Waals surface area (Å²) in [6, 6.07) is 12.2. The van der Waals surface area contributed by atoms with Crippen LogP contribution in [0.4, 0.5) is 5.82 Å². The highest BCUT2D eigenvalue weighted by molar-refractivity contribution is 6.01. The molecule has 0 radical (unpaired) electrons. The summed E-state index contributed by atoms with van der Waals surface area (Å²) in [6.07, 6.45) is 1.78. The summed E-state index contributed by atoms with van der Waals surface area (Å²) in [4.78, 5) is 0. The van der Waals surface area contributed by atoms with Gasteiger partial charge in [-0.2, -0.15) is 5.10 Å². The summed E-state index contributed by atoms with van der Waals surface area (Å²) in [5, 5.41) is 6.48. The Morgan fingerprint density at radius 1 is 1.16 bits per heavy atom. The fourth-order valence-corrected chi connectivity index (χ4v) is 2.34. The molecule has 0 atom stereocenters. The molecule has 0 aliphatic rings. The lowest BCUT2D eigenvalue weighted by atomic mass is 9.99. The Kier molecular flexibility index (Phi) is 2.63. The molecule has 2 aromatic carbocycles. The summed E-state index contributed by atoms with van der Waals surface area (Å²) >= 11 is 0. The van der Waals surface area contributed by atoms with Crippen LogP contribution in [0.1, 0.15) is 0 Å². The third kappa shape index (κ3) is 1.73. The molecule has 2 N–H and O–H groups in total. The molecule has 3 rings (SSSR count). The molecule has 0 aliphatic carbocycles. The summed E-state index contributed by atoms with van der Waals surface area (Å²) in [6.45, 7) is 0. The van der Waals surface area contributed by atoms with Crippen molar-refractivity contribution in [3.8, 4) is 16.9 Å². The van der Waals surface area contributed by atoms with Crippen molar-refractivity contribution in [2.45, 2.75) is 0 Å². The zero-order chi connectivity index (χ0) is 13.4. The number of fused-ring (bicyclic) bond motifs is 1. The lowest BCUT2D eigenvalue weighted by Crippen LogP contribution is -1.99. The second-order valence-electron chi connectivity index (χ2n) is 4.43. The Balaban J connectivity index is 2.40. The first-order valence-corrected chi connectivity index (χ1v) is 6.06. The van der Waals surface area contributed by atoms with Gasteiger partial charge in [0.05, 0.1) is 13.3 Å². The van der Waals surface area contributed by atoms with Gasteiger partial charge in [0.1, 0.15) is 11.6 Å². The molecule has 0 saturated carbocycles. The van der Waals surface area contributed by atoms with Crippen LogP contribution in [0, 0.1) is 0 Å². The molecule has 0 fully saturated rings. The summed E-state index contributed by atoms with van der Waals surface area (Å²) in [5.41, 5.74) is 7.99. The van der Waals surface area contributed by atoms with E-state index >= 15 is 0 Å². The first-order valence-electron chi connectivity index (χ1n) is 6.06. The van der Waals surface area contributed by atoms with E-state index in [2.05, 4.69) is 17.2 Å². The van der Waals surface area contributed by atoms with Crippen LogP contribution in [-0.2, 0) is 7.05 Å². The van der Waals surface area contributed by atoms with Gasteiger partial charge in [-0.05, 0) is 16.8 Å². The largest absolute Gasteiger partial charge is 0.496 e. The number of benzene rings is 2. The van der Waals surface area contributed by atoms with Crippen molar-refractivity contribution in [2.75, 3.05) is 12.8 Å². The van der Waals surface area contributed by atoms with E-state index in [1.165, 1.54) is 0 Å². The van der Waals surface area contributed by atoms with Crippen molar-refractivity contribution in [3.63, 3.8) is 0 Å². The standard InChI is InChI=1S/C15H15N3O/c1-18-15(16)12(9-17-18)14-11-6-4-3-5-10(11)7-8-13(14)19-2/h3-9H,16H2,1-2H3. The Bertz CT molecular complexity index is 746. The number of aromatic nitrogens is 2. The van der Waals surface area contributed by atoms with Gasteiger partial charge in [-0.3, -0.25) is 4.68 Å². The van der Waals surface area contributed by atoms with Crippen molar-refractivity contribution in [1.82, 2.24) is 9.78 Å². The number of hydrogen-bond acceptors (Lipinski definition) is 3. The Morgan fingerprint density at radius 2 is 1.95 bits per heavy atom. The van der Waals surface area contributed by atoms with E-state index in [0.717, 1.165) is 27.6 Å². The van der Waals surface area contributed by atoms with Crippen LogP contribution in [0.5, 0.6) is 5.75 Å². The maximum atomic E-state index is 6.09. The molecule has 4 nitrogen and oxygen atoms in total. The van der Waals surface area contributed by atoms with Crippen LogP contribution in [0.25, 0.3) is 21.9 Å². The predicted molar refractivity (Wildman–Crippen MR) is 77.1 cm³/mol. The fourth-order valence-electron chi connectivity index (χ4n) is 2.34. The zero-order valence-electron chi connectivity index (χ0n) is 10.9. The minimum Gasteiger partial charge on any atom is -0.496 e. The van der Waals surface area contributed by atoms with Crippen molar-refractivity contribution in [1.29, 1.82) is 0 Å². The minimum absolute atomic E-state index is 0.634. The molecule has 96 valence electrons. The van der Waals surface area contributed by atoms with Crippen molar-refractivity contribution < 1.29 is 4.74 Å². The van der Waals surface area contributed by atoms with E-state index in [4.69, 9.17) is 10.5 Å². The molecule has 0 bridgehead atoms. The Labute approximate surface area is 111 Å². The number of hydrogen-bond donors (Lipinski definition) is 1. The van der Waals surface area contributed by atoms with E-state index in [1.807, 2.05) is 31.3 Å². The van der Waals surface area contributed by atoms with Gasteiger partial charge in [0.2, 0.25) is 0 Å². The fraction of sp³-hybridized carbons (Fsp3) is 0.133. The number of anilines is 1. The molecule has 1 heterocycles. The minimum atomic E-state index is 0.634. The lowest BCUT2D eigenvalue weighted by molar-refractivity contribution is 0.417. The number of nitrogen functional groups attached to an aromatic ring is 1. The third-order valence-electron chi connectivity index (χ3n) is 3.36. The van der Waals surface area contributed by atoms with E-state index in [1.54, 1.807) is 18.0 Å². The smallest absolute Gasteiger partial charge is 0.129 e. The van der Waals surface area contributed by atoms with Gasteiger partial charge in [0.25, 0.3) is 0 Å². The maximum Gasteiger partial charge on any atom is 0.129 e. The summed E-state index contributed by atoms with van der Waals surface area (Å²) < 4.78 is 7.14. The average molecular weight is 253 g/mol. The highest BCUT2D eigenvalue weighted by atomic mass is 16.5. The molecule has 4 heteroatoms. The molecule has 0 spiro atoms. The SMILES string of the molecule is COc1ccc2ccccc2c1-c1cnn(C)c1N. The van der Waals surface area contributed by atoms with Crippen molar-refractivity contribution >= 4 is 16.6 Å². The normalized spacial score (nSPS) is 10.8. The van der Waals surface area contributed by atoms with Gasteiger partial charge >= 0.3 is 0 Å². The van der Waals surface area contributed by atoms with Crippen LogP contribution in [0.3, 0.4) is 0 Å². The van der Waals surface area contributed by atoms with E-state index in [-0.39, 0.29) is 0 Å². The quantitative estimate of drug-likeness (QED) is 0.764. The highest BCUT2D eigenvalue weighted by Gasteiger charge is 2.15. The van der Waals surface area contributed by atoms with Crippen molar-refractivity contribution in [2.24, 2.45) is 7.05 Å². The van der Waals surface area contributed by atoms with E-state index < -0.39 is 0 Å². The molecule has 3 aromatic rings. The number of aryl methyl sites for hydroxylation is 1. The van der Waals surface area contributed by atoms with Gasteiger partial charge in [0, 0.05) is 18.2 Å². The molecule has 19 heavy (non-hydrogen) atoms. The van der Waals surface area contributed by atoms with Gasteiger partial charge in [-0.1, -0.05) is 30.3 Å². The van der Waals surface area contributed by atoms with Crippen LogP contribution in [-0.4, -0.2) is 16.9 Å².